The molecule has 0 saturated carbocycles. The molecule has 29 heavy (non-hydrogen) atoms. The van der Waals surface area contributed by atoms with E-state index in [0.29, 0.717) is 5.56 Å². The Morgan fingerprint density at radius 1 is 0.897 bits per heavy atom. The Morgan fingerprint density at radius 3 is 2.00 bits per heavy atom. The maximum atomic E-state index is 12.6. The van der Waals surface area contributed by atoms with Gasteiger partial charge in [-0.25, -0.2) is 4.79 Å². The minimum absolute atomic E-state index is 0.0136. The van der Waals surface area contributed by atoms with Crippen molar-refractivity contribution in [2.75, 3.05) is 0 Å². The number of nitrogens with one attached hydrogen (secondary N) is 2. The first-order valence-electron chi connectivity index (χ1n) is 8.79. The van der Waals surface area contributed by atoms with E-state index in [1.165, 1.54) is 0 Å². The number of carbonyl (C=O) groups is 5. The summed E-state index contributed by atoms with van der Waals surface area (Å²) in [6, 6.07) is 4.88. The fourth-order valence-electron chi connectivity index (χ4n) is 2.44. The number of benzene rings is 1. The van der Waals surface area contributed by atoms with Crippen LogP contribution in [0.3, 0.4) is 0 Å². The molecule has 0 saturated heterocycles. The van der Waals surface area contributed by atoms with Crippen molar-refractivity contribution in [1.82, 2.24) is 10.6 Å². The van der Waals surface area contributed by atoms with Crippen molar-refractivity contribution in [1.29, 1.82) is 0 Å². The molecule has 0 bridgehead atoms. The van der Waals surface area contributed by atoms with Gasteiger partial charge in [-0.05, 0) is 12.0 Å². The van der Waals surface area contributed by atoms with Crippen LogP contribution in [0.15, 0.2) is 30.3 Å². The van der Waals surface area contributed by atoms with E-state index in [2.05, 4.69) is 10.6 Å². The first-order valence-corrected chi connectivity index (χ1v) is 8.79. The van der Waals surface area contributed by atoms with Crippen molar-refractivity contribution in [3.8, 4) is 0 Å². The molecule has 4 amide bonds. The number of hydrogen-bond donors (Lipinski definition) is 6. The number of primary amides is 2. The van der Waals surface area contributed by atoms with E-state index in [-0.39, 0.29) is 19.3 Å². The lowest BCUT2D eigenvalue weighted by molar-refractivity contribution is -0.143. The molecule has 0 aliphatic rings. The molecule has 11 nitrogen and oxygen atoms in total. The van der Waals surface area contributed by atoms with Crippen LogP contribution in [0.5, 0.6) is 0 Å². The zero-order valence-electron chi connectivity index (χ0n) is 15.7. The number of aliphatic carboxylic acids is 1. The van der Waals surface area contributed by atoms with Gasteiger partial charge in [-0.3, -0.25) is 19.2 Å². The minimum atomic E-state index is -1.54. The molecule has 1 aromatic rings. The summed E-state index contributed by atoms with van der Waals surface area (Å²) in [6.07, 6.45) is -0.681. The van der Waals surface area contributed by atoms with Gasteiger partial charge in [0.15, 0.2) is 0 Å². The summed E-state index contributed by atoms with van der Waals surface area (Å²) in [7, 11) is 0. The van der Waals surface area contributed by atoms with E-state index in [1.54, 1.807) is 30.3 Å². The molecule has 0 unspecified atom stereocenters. The Morgan fingerprint density at radius 2 is 1.48 bits per heavy atom. The van der Waals surface area contributed by atoms with Crippen LogP contribution in [0.4, 0.5) is 0 Å². The van der Waals surface area contributed by atoms with Gasteiger partial charge in [0.2, 0.25) is 23.6 Å². The summed E-state index contributed by atoms with van der Waals surface area (Å²) in [5.41, 5.74) is 16.4. The smallest absolute Gasteiger partial charge is 0.326 e. The van der Waals surface area contributed by atoms with Gasteiger partial charge in [0.25, 0.3) is 0 Å². The third kappa shape index (κ3) is 8.84. The molecule has 1 rings (SSSR count). The molecule has 0 spiro atoms. The van der Waals surface area contributed by atoms with Gasteiger partial charge in [0.05, 0.1) is 12.5 Å². The summed E-state index contributed by atoms with van der Waals surface area (Å²) in [6.45, 7) is 0. The second-order valence-electron chi connectivity index (χ2n) is 6.43. The molecule has 0 radical (unpaired) electrons. The lowest BCUT2D eigenvalue weighted by Crippen LogP contribution is -2.55. The zero-order chi connectivity index (χ0) is 22.0. The van der Waals surface area contributed by atoms with Gasteiger partial charge in [0.1, 0.15) is 12.1 Å². The maximum absolute atomic E-state index is 12.6. The zero-order valence-corrected chi connectivity index (χ0v) is 15.7. The highest BCUT2D eigenvalue weighted by Crippen LogP contribution is 2.06. The van der Waals surface area contributed by atoms with E-state index in [0.717, 1.165) is 0 Å². The molecule has 0 fully saturated rings. The number of carbonyl (C=O) groups excluding carboxylic acids is 4. The summed E-state index contributed by atoms with van der Waals surface area (Å²) in [4.78, 5) is 58.1. The van der Waals surface area contributed by atoms with Crippen LogP contribution in [-0.2, 0) is 30.4 Å². The second-order valence-corrected chi connectivity index (χ2v) is 6.43. The van der Waals surface area contributed by atoms with Crippen molar-refractivity contribution in [3.63, 3.8) is 0 Å². The Labute approximate surface area is 167 Å². The largest absolute Gasteiger partial charge is 0.480 e. The van der Waals surface area contributed by atoms with E-state index < -0.39 is 54.1 Å². The Hall–Kier alpha value is -3.47. The molecule has 9 N–H and O–H groups in total. The van der Waals surface area contributed by atoms with Gasteiger partial charge >= 0.3 is 5.97 Å². The molecule has 0 aromatic heterocycles. The number of nitrogens with two attached hydrogens (primary N) is 3. The van der Waals surface area contributed by atoms with E-state index in [9.17, 15) is 24.0 Å². The van der Waals surface area contributed by atoms with Crippen molar-refractivity contribution >= 4 is 29.6 Å². The van der Waals surface area contributed by atoms with E-state index in [1.807, 2.05) is 0 Å². The van der Waals surface area contributed by atoms with Crippen LogP contribution < -0.4 is 27.8 Å². The highest BCUT2D eigenvalue weighted by atomic mass is 16.4. The molecule has 11 heteroatoms. The molecule has 0 aliphatic heterocycles. The number of carboxylic acids is 1. The van der Waals surface area contributed by atoms with Crippen LogP contribution in [0.25, 0.3) is 0 Å². The van der Waals surface area contributed by atoms with Gasteiger partial charge < -0.3 is 32.9 Å². The van der Waals surface area contributed by atoms with E-state index >= 15 is 0 Å². The summed E-state index contributed by atoms with van der Waals surface area (Å²) in [5.74, 6) is -4.50. The Balaban J connectivity index is 2.93. The third-order valence-electron chi connectivity index (χ3n) is 3.97. The minimum Gasteiger partial charge on any atom is -0.480 e. The van der Waals surface area contributed by atoms with Crippen LogP contribution in [-0.4, -0.2) is 52.8 Å². The van der Waals surface area contributed by atoms with Crippen molar-refractivity contribution in [2.45, 2.75) is 43.8 Å². The van der Waals surface area contributed by atoms with Crippen molar-refractivity contribution < 1.29 is 29.1 Å². The molecular formula is C18H25N5O6. The van der Waals surface area contributed by atoms with Gasteiger partial charge in [0, 0.05) is 12.8 Å². The fraction of sp³-hybridized carbons (Fsp3) is 0.389. The number of amides is 4. The summed E-state index contributed by atoms with van der Waals surface area (Å²) in [5, 5.41) is 13.8. The Bertz CT molecular complexity index is 754. The molecule has 158 valence electrons. The average molecular weight is 407 g/mol. The lowest BCUT2D eigenvalue weighted by Gasteiger charge is -2.22. The third-order valence-corrected chi connectivity index (χ3v) is 3.97. The Kier molecular flexibility index (Phi) is 9.26. The monoisotopic (exact) mass is 407 g/mol. The predicted molar refractivity (Wildman–Crippen MR) is 102 cm³/mol. The highest BCUT2D eigenvalue weighted by molar-refractivity contribution is 5.93. The predicted octanol–water partition coefficient (Wildman–Crippen LogP) is -2.25. The molecular weight excluding hydrogens is 382 g/mol. The van der Waals surface area contributed by atoms with Gasteiger partial charge in [-0.1, -0.05) is 30.3 Å². The maximum Gasteiger partial charge on any atom is 0.326 e. The van der Waals surface area contributed by atoms with Crippen molar-refractivity contribution in [2.24, 2.45) is 17.2 Å². The number of rotatable bonds is 12. The normalized spacial score (nSPS) is 13.6. The SMILES string of the molecule is NC(=O)CC[C@H](N)C(=O)N[C@@H](Cc1ccccc1)C(=O)N[C@@H](CC(N)=O)C(=O)O. The fourth-order valence-corrected chi connectivity index (χ4v) is 2.44. The second kappa shape index (κ2) is 11.4. The number of carboxylic acid groups (broad SMARTS) is 1. The van der Waals surface area contributed by atoms with Crippen LogP contribution in [0.2, 0.25) is 0 Å². The first kappa shape index (κ1) is 23.6. The topological polar surface area (TPSA) is 208 Å². The lowest BCUT2D eigenvalue weighted by atomic mass is 10.0. The highest BCUT2D eigenvalue weighted by Gasteiger charge is 2.29. The quantitative estimate of drug-likeness (QED) is 0.224. The van der Waals surface area contributed by atoms with Crippen molar-refractivity contribution in [3.05, 3.63) is 35.9 Å². The summed E-state index contributed by atoms with van der Waals surface area (Å²) < 4.78 is 0. The van der Waals surface area contributed by atoms with Crippen LogP contribution in [0, 0.1) is 0 Å². The number of hydrogen-bond acceptors (Lipinski definition) is 6. The van der Waals surface area contributed by atoms with Gasteiger partial charge in [-0.15, -0.1) is 0 Å². The standard InChI is InChI=1S/C18H25N5O6/c19-11(6-7-14(20)24)16(26)22-12(8-10-4-2-1-3-5-10)17(27)23-13(18(28)29)9-15(21)25/h1-5,11-13H,6-9,19H2,(H2,20,24)(H2,21,25)(H,22,26)(H,23,27)(H,28,29)/t11-,12-,13-/m0/s1. The first-order chi connectivity index (χ1) is 13.6. The van der Waals surface area contributed by atoms with Crippen LogP contribution in [0.1, 0.15) is 24.8 Å². The average Bonchev–Trinajstić information content (AvgIpc) is 2.65. The molecule has 0 aliphatic carbocycles. The summed E-state index contributed by atoms with van der Waals surface area (Å²) >= 11 is 0. The van der Waals surface area contributed by atoms with E-state index in [4.69, 9.17) is 22.3 Å². The molecule has 1 aromatic carbocycles. The van der Waals surface area contributed by atoms with Gasteiger partial charge in [-0.2, -0.15) is 0 Å². The molecule has 3 atom stereocenters. The van der Waals surface area contributed by atoms with Crippen LogP contribution >= 0.6 is 0 Å². The molecule has 0 heterocycles.